The maximum atomic E-state index is 12.6. The minimum absolute atomic E-state index is 0.157. The van der Waals surface area contributed by atoms with Gasteiger partial charge >= 0.3 is 24.1 Å². The Bertz CT molecular complexity index is 1630. The van der Waals surface area contributed by atoms with Gasteiger partial charge in [0.1, 0.15) is 5.82 Å². The van der Waals surface area contributed by atoms with Gasteiger partial charge in [0.05, 0.1) is 16.6 Å². The van der Waals surface area contributed by atoms with Crippen molar-refractivity contribution in [1.29, 1.82) is 0 Å². The maximum absolute atomic E-state index is 12.6. The van der Waals surface area contributed by atoms with Crippen LogP contribution in [-0.4, -0.2) is 40.2 Å². The van der Waals surface area contributed by atoms with Crippen molar-refractivity contribution < 1.29 is 32.3 Å². The molecule has 2 N–H and O–H groups in total. The summed E-state index contributed by atoms with van der Waals surface area (Å²) in [5, 5.41) is 5.82. The molecule has 0 saturated carbocycles. The summed E-state index contributed by atoms with van der Waals surface area (Å²) in [6.45, 7) is 5.34. The van der Waals surface area contributed by atoms with Gasteiger partial charge in [-0.25, -0.2) is 19.4 Å². The van der Waals surface area contributed by atoms with Crippen molar-refractivity contribution in [3.8, 4) is 11.1 Å². The summed E-state index contributed by atoms with van der Waals surface area (Å²) in [6, 6.07) is 18.6. The average molecular weight is 623 g/mol. The lowest BCUT2D eigenvalue weighted by atomic mass is 9.98. The normalized spacial score (nSPS) is 11.4. The zero-order chi connectivity index (χ0) is 32.4. The topological polar surface area (TPSA) is 102 Å². The summed E-state index contributed by atoms with van der Waals surface area (Å²) < 4.78 is 44.1. The molecular formula is C34H37F3N4O4. The number of alkyl halides is 3. The largest absolute Gasteiger partial charge is 0.491 e. The fourth-order valence-corrected chi connectivity index (χ4v) is 4.96. The smallest absolute Gasteiger partial charge is 0.383 e. The molecule has 0 unspecified atom stereocenters. The zero-order valence-electron chi connectivity index (χ0n) is 25.4. The van der Waals surface area contributed by atoms with Gasteiger partial charge in [-0.05, 0) is 53.8 Å². The molecular weight excluding hydrogens is 585 g/mol. The highest BCUT2D eigenvalue weighted by Crippen LogP contribution is 2.28. The molecule has 45 heavy (non-hydrogen) atoms. The van der Waals surface area contributed by atoms with Crippen LogP contribution in [0.3, 0.4) is 0 Å². The molecule has 0 fully saturated rings. The number of fused-ring (bicyclic) bond motifs is 1. The number of carbonyl (C=O) groups is 3. The Morgan fingerprint density at radius 2 is 1.62 bits per heavy atom. The van der Waals surface area contributed by atoms with E-state index in [4.69, 9.17) is 4.98 Å². The van der Waals surface area contributed by atoms with E-state index in [0.29, 0.717) is 29.9 Å². The van der Waals surface area contributed by atoms with E-state index in [1.807, 2.05) is 30.3 Å². The third-order valence-corrected chi connectivity index (χ3v) is 7.32. The van der Waals surface area contributed by atoms with E-state index >= 15 is 0 Å². The van der Waals surface area contributed by atoms with Crippen LogP contribution in [0.1, 0.15) is 74.1 Å². The standard InChI is InChI=1S/C34H37F3N4O4/c1-3-5-7-10-20-38-33(44)39-25-18-19-28-29(21-25)41(30(40-28)13-6-4-2)22-23-14-16-24(17-15-23)26-11-8-9-12-27(26)31(42)45-32(43)34(35,36)37/h8-9,11-12,14-19,21H,3-7,10,13,20,22H2,1-2H3,(H2,38,39,44). The van der Waals surface area contributed by atoms with E-state index in [9.17, 15) is 27.6 Å². The van der Waals surface area contributed by atoms with Gasteiger partial charge in [0.15, 0.2) is 0 Å². The minimum Gasteiger partial charge on any atom is -0.383 e. The van der Waals surface area contributed by atoms with Gasteiger partial charge in [-0.1, -0.05) is 82.0 Å². The molecule has 11 heteroatoms. The number of amides is 2. The molecule has 0 aliphatic heterocycles. The summed E-state index contributed by atoms with van der Waals surface area (Å²) >= 11 is 0. The first-order valence-electron chi connectivity index (χ1n) is 15.2. The second kappa shape index (κ2) is 15.4. The number of imidazole rings is 1. The number of unbranched alkanes of at least 4 members (excludes halogenated alkanes) is 4. The number of hydrogen-bond donors (Lipinski definition) is 2. The Hall–Kier alpha value is -4.67. The molecule has 0 bridgehead atoms. The Morgan fingerprint density at radius 3 is 2.33 bits per heavy atom. The number of rotatable bonds is 13. The summed E-state index contributed by atoms with van der Waals surface area (Å²) in [5.41, 5.74) is 4.00. The number of benzene rings is 3. The van der Waals surface area contributed by atoms with Gasteiger partial charge < -0.3 is 19.9 Å². The Morgan fingerprint density at radius 1 is 0.889 bits per heavy atom. The molecule has 2 amide bonds. The Balaban J connectivity index is 1.55. The maximum Gasteiger partial charge on any atom is 0.491 e. The second-order valence-corrected chi connectivity index (χ2v) is 10.8. The highest BCUT2D eigenvalue weighted by atomic mass is 19.4. The van der Waals surface area contributed by atoms with Crippen LogP contribution in [-0.2, 0) is 22.5 Å². The molecule has 1 heterocycles. The third kappa shape index (κ3) is 8.93. The lowest BCUT2D eigenvalue weighted by Gasteiger charge is -2.13. The number of anilines is 1. The van der Waals surface area contributed by atoms with Gasteiger partial charge in [0.25, 0.3) is 0 Å². The van der Waals surface area contributed by atoms with Gasteiger partial charge in [-0.15, -0.1) is 0 Å². The van der Waals surface area contributed by atoms with Crippen molar-refractivity contribution in [2.75, 3.05) is 11.9 Å². The predicted octanol–water partition coefficient (Wildman–Crippen LogP) is 8.04. The van der Waals surface area contributed by atoms with Crippen LogP contribution in [0.25, 0.3) is 22.2 Å². The Kier molecular flexibility index (Phi) is 11.3. The van der Waals surface area contributed by atoms with Gasteiger partial charge in [0, 0.05) is 25.2 Å². The molecule has 0 aliphatic carbocycles. The summed E-state index contributed by atoms with van der Waals surface area (Å²) in [7, 11) is 0. The number of carbonyl (C=O) groups excluding carboxylic acids is 3. The highest BCUT2D eigenvalue weighted by molar-refractivity contribution is 6.03. The molecule has 0 saturated heterocycles. The van der Waals surface area contributed by atoms with E-state index < -0.39 is 18.1 Å². The van der Waals surface area contributed by atoms with Crippen LogP contribution >= 0.6 is 0 Å². The number of urea groups is 1. The average Bonchev–Trinajstić information content (AvgIpc) is 3.35. The van der Waals surface area contributed by atoms with Crippen molar-refractivity contribution in [2.24, 2.45) is 0 Å². The molecule has 0 aliphatic rings. The zero-order valence-corrected chi connectivity index (χ0v) is 25.4. The van der Waals surface area contributed by atoms with E-state index in [1.165, 1.54) is 12.1 Å². The molecule has 8 nitrogen and oxygen atoms in total. The SMILES string of the molecule is CCCCCCNC(=O)Nc1ccc2nc(CCCC)n(Cc3ccc(-c4ccccc4C(=O)OC(=O)C(F)(F)F)cc3)c2c1. The predicted molar refractivity (Wildman–Crippen MR) is 167 cm³/mol. The van der Waals surface area contributed by atoms with Crippen LogP contribution < -0.4 is 10.6 Å². The highest BCUT2D eigenvalue weighted by Gasteiger charge is 2.42. The van der Waals surface area contributed by atoms with Crippen molar-refractivity contribution in [2.45, 2.75) is 71.5 Å². The number of hydrogen-bond acceptors (Lipinski definition) is 5. The van der Waals surface area contributed by atoms with E-state index in [0.717, 1.165) is 67.4 Å². The molecule has 0 radical (unpaired) electrons. The molecule has 238 valence electrons. The summed E-state index contributed by atoms with van der Waals surface area (Å²) in [5.74, 6) is -3.03. The fraction of sp³-hybridized carbons (Fsp3) is 0.353. The van der Waals surface area contributed by atoms with Crippen molar-refractivity contribution in [1.82, 2.24) is 14.9 Å². The lowest BCUT2D eigenvalue weighted by Crippen LogP contribution is -2.29. The van der Waals surface area contributed by atoms with E-state index in [2.05, 4.69) is 33.8 Å². The summed E-state index contributed by atoms with van der Waals surface area (Å²) in [6.07, 6.45) is 1.73. The summed E-state index contributed by atoms with van der Waals surface area (Å²) in [4.78, 5) is 41.0. The second-order valence-electron chi connectivity index (χ2n) is 10.8. The minimum atomic E-state index is -5.28. The number of aromatic nitrogens is 2. The van der Waals surface area contributed by atoms with E-state index in [1.54, 1.807) is 24.3 Å². The molecule has 3 aromatic carbocycles. The van der Waals surface area contributed by atoms with Gasteiger partial charge in [-0.2, -0.15) is 13.2 Å². The van der Waals surface area contributed by atoms with Crippen LogP contribution in [0.4, 0.5) is 23.7 Å². The van der Waals surface area contributed by atoms with Gasteiger partial charge in [-0.3, -0.25) is 0 Å². The fourth-order valence-electron chi connectivity index (χ4n) is 4.96. The van der Waals surface area contributed by atoms with Gasteiger partial charge in [0.2, 0.25) is 0 Å². The van der Waals surface area contributed by atoms with Crippen molar-refractivity contribution in [3.05, 3.63) is 83.7 Å². The first kappa shape index (κ1) is 33.2. The number of ether oxygens (including phenoxy) is 1. The molecule has 4 rings (SSSR count). The molecule has 4 aromatic rings. The van der Waals surface area contributed by atoms with Crippen molar-refractivity contribution in [3.63, 3.8) is 0 Å². The first-order valence-corrected chi connectivity index (χ1v) is 15.2. The van der Waals surface area contributed by atoms with Crippen LogP contribution in [0.15, 0.2) is 66.7 Å². The monoisotopic (exact) mass is 622 g/mol. The number of nitrogens with zero attached hydrogens (tertiary/aromatic N) is 2. The lowest BCUT2D eigenvalue weighted by molar-refractivity contribution is -0.193. The van der Waals surface area contributed by atoms with Crippen molar-refractivity contribution >= 4 is 34.7 Å². The number of esters is 2. The first-order chi connectivity index (χ1) is 21.6. The number of nitrogens with one attached hydrogen (secondary N) is 2. The molecule has 1 aromatic heterocycles. The third-order valence-electron chi connectivity index (χ3n) is 7.32. The quantitative estimate of drug-likeness (QED) is 0.0893. The number of halogens is 3. The van der Waals surface area contributed by atoms with Crippen LogP contribution in [0.2, 0.25) is 0 Å². The molecule has 0 atom stereocenters. The molecule has 0 spiro atoms. The number of aryl methyl sites for hydroxylation is 1. The van der Waals surface area contributed by atoms with Crippen LogP contribution in [0.5, 0.6) is 0 Å². The Labute approximate surface area is 260 Å². The van der Waals surface area contributed by atoms with Crippen LogP contribution in [0, 0.1) is 0 Å². The van der Waals surface area contributed by atoms with E-state index in [-0.39, 0.29) is 11.6 Å².